The first-order valence-electron chi connectivity index (χ1n) is 17.2. The number of aromatic nitrogens is 2. The van der Waals surface area contributed by atoms with Gasteiger partial charge in [-0.25, -0.2) is 4.79 Å². The van der Waals surface area contributed by atoms with Gasteiger partial charge in [-0.2, -0.15) is 15.2 Å². The number of aryl methyl sites for hydroxylation is 1. The van der Waals surface area contributed by atoms with Crippen LogP contribution in [0.3, 0.4) is 0 Å². The zero-order chi connectivity index (χ0) is 31.2. The molecule has 1 spiro atoms. The lowest BCUT2D eigenvalue weighted by atomic mass is 9.62. The molecule has 1 amide bonds. The molecule has 240 valence electrons. The second kappa shape index (κ2) is 11.8. The number of ether oxygens (including phenoxy) is 2. The van der Waals surface area contributed by atoms with Crippen molar-refractivity contribution in [1.82, 2.24) is 19.8 Å². The van der Waals surface area contributed by atoms with Gasteiger partial charge in [0, 0.05) is 30.6 Å². The van der Waals surface area contributed by atoms with Crippen molar-refractivity contribution in [3.63, 3.8) is 0 Å². The number of nitriles is 1. The number of hydrogen-bond acceptors (Lipinski definition) is 8. The number of fused-ring (bicyclic) bond motifs is 4. The molecular weight excluding hydrogens is 564 g/mol. The molecule has 1 unspecified atom stereocenters. The Labute approximate surface area is 267 Å². The smallest absolute Gasteiger partial charge is 0.410 e. The largest absolute Gasteiger partial charge is 0.461 e. The molecule has 9 nitrogen and oxygen atoms in total. The third kappa shape index (κ3) is 5.75. The van der Waals surface area contributed by atoms with Gasteiger partial charge in [-0.3, -0.25) is 4.90 Å². The maximum atomic E-state index is 13.1. The van der Waals surface area contributed by atoms with Gasteiger partial charge in [0.2, 0.25) is 0 Å². The molecule has 2 aromatic rings. The Kier molecular flexibility index (Phi) is 7.92. The highest BCUT2D eigenvalue weighted by molar-refractivity contribution is 5.69. The van der Waals surface area contributed by atoms with Crippen LogP contribution in [0, 0.1) is 11.3 Å². The Morgan fingerprint density at radius 3 is 2.60 bits per heavy atom. The van der Waals surface area contributed by atoms with Crippen molar-refractivity contribution >= 4 is 11.9 Å². The lowest BCUT2D eigenvalue weighted by Crippen LogP contribution is -2.56. The van der Waals surface area contributed by atoms with Crippen LogP contribution in [0.2, 0.25) is 0 Å². The van der Waals surface area contributed by atoms with Crippen LogP contribution in [0.1, 0.15) is 94.5 Å². The van der Waals surface area contributed by atoms with Crippen molar-refractivity contribution in [2.24, 2.45) is 0 Å². The van der Waals surface area contributed by atoms with Gasteiger partial charge in [-0.15, -0.1) is 0 Å². The fourth-order valence-electron chi connectivity index (χ4n) is 9.00. The molecule has 3 saturated heterocycles. The minimum atomic E-state index is -0.592. The first-order chi connectivity index (χ1) is 21.7. The molecule has 1 aromatic heterocycles. The second-order valence-corrected chi connectivity index (χ2v) is 15.1. The molecule has 4 heterocycles. The summed E-state index contributed by atoms with van der Waals surface area (Å²) in [5.74, 6) is 0.924. The molecular formula is C36H48N6O3. The highest BCUT2D eigenvalue weighted by Crippen LogP contribution is 2.48. The molecule has 0 radical (unpaired) electrons. The number of benzene rings is 1. The summed E-state index contributed by atoms with van der Waals surface area (Å²) >= 11 is 0. The standard InChI is InChI=1S/C36H48N6O3/c1-34(2,3)45-33(43)42-22-21-40(24-27(42)13-18-37)31-28-12-17-35(14-6-10-26-9-4-5-11-29(26)35)23-30(28)38-32(39-31)44-25-36-15-7-19-41(36)20-8-16-36/h4-5,9,11,27H,6-8,10,12-17,19-25H2,1-3H3/t27-,35?/m0/s1. The molecule has 0 bridgehead atoms. The number of carbonyl (C=O) groups excluding carboxylic acids is 1. The molecule has 9 heteroatoms. The van der Waals surface area contributed by atoms with E-state index in [0.717, 1.165) is 50.3 Å². The summed E-state index contributed by atoms with van der Waals surface area (Å²) in [7, 11) is 0. The third-order valence-electron chi connectivity index (χ3n) is 11.1. The summed E-state index contributed by atoms with van der Waals surface area (Å²) in [6, 6.07) is 11.5. The summed E-state index contributed by atoms with van der Waals surface area (Å²) in [5.41, 5.74) is 4.91. The molecule has 0 saturated carbocycles. The fraction of sp³-hybridized carbons (Fsp3) is 0.667. The van der Waals surface area contributed by atoms with Gasteiger partial charge in [0.15, 0.2) is 0 Å². The van der Waals surface area contributed by atoms with Crippen LogP contribution in [-0.4, -0.2) is 82.4 Å². The van der Waals surface area contributed by atoms with E-state index in [0.29, 0.717) is 32.3 Å². The van der Waals surface area contributed by atoms with E-state index in [-0.39, 0.29) is 29.5 Å². The van der Waals surface area contributed by atoms with Gasteiger partial charge in [0.25, 0.3) is 0 Å². The highest BCUT2D eigenvalue weighted by atomic mass is 16.6. The lowest BCUT2D eigenvalue weighted by molar-refractivity contribution is 0.0144. The van der Waals surface area contributed by atoms with Crippen molar-refractivity contribution in [2.75, 3.05) is 44.2 Å². The molecule has 2 aliphatic carbocycles. The zero-order valence-electron chi connectivity index (χ0n) is 27.3. The van der Waals surface area contributed by atoms with Crippen molar-refractivity contribution in [1.29, 1.82) is 5.26 Å². The van der Waals surface area contributed by atoms with Crippen molar-refractivity contribution in [3.05, 3.63) is 46.6 Å². The number of piperazine rings is 1. The van der Waals surface area contributed by atoms with Crippen molar-refractivity contribution in [3.8, 4) is 12.1 Å². The zero-order valence-corrected chi connectivity index (χ0v) is 27.3. The number of carbonyl (C=O) groups is 1. The van der Waals surface area contributed by atoms with Crippen LogP contribution < -0.4 is 9.64 Å². The number of nitrogens with zero attached hydrogens (tertiary/aromatic N) is 6. The Bertz CT molecular complexity index is 1470. The molecule has 3 aliphatic heterocycles. The Morgan fingerprint density at radius 2 is 1.82 bits per heavy atom. The van der Waals surface area contributed by atoms with Crippen LogP contribution in [0.5, 0.6) is 6.01 Å². The van der Waals surface area contributed by atoms with E-state index in [1.807, 2.05) is 20.8 Å². The molecule has 45 heavy (non-hydrogen) atoms. The molecule has 0 N–H and O–H groups in total. The summed E-state index contributed by atoms with van der Waals surface area (Å²) in [6.07, 6.45) is 11.1. The average molecular weight is 613 g/mol. The minimum absolute atomic E-state index is 0.0931. The molecule has 2 atom stereocenters. The Hall–Kier alpha value is -3.38. The van der Waals surface area contributed by atoms with Crippen LogP contribution in [-0.2, 0) is 29.4 Å². The maximum Gasteiger partial charge on any atom is 0.410 e. The first-order valence-corrected chi connectivity index (χ1v) is 17.2. The van der Waals surface area contributed by atoms with Gasteiger partial charge >= 0.3 is 12.1 Å². The quantitative estimate of drug-likeness (QED) is 0.432. The van der Waals surface area contributed by atoms with E-state index in [4.69, 9.17) is 19.4 Å². The lowest BCUT2D eigenvalue weighted by Gasteiger charge is -2.45. The van der Waals surface area contributed by atoms with Crippen LogP contribution >= 0.6 is 0 Å². The average Bonchev–Trinajstić information content (AvgIpc) is 3.60. The van der Waals surface area contributed by atoms with Crippen molar-refractivity contribution < 1.29 is 14.3 Å². The van der Waals surface area contributed by atoms with E-state index in [1.165, 1.54) is 55.2 Å². The molecule has 3 fully saturated rings. The monoisotopic (exact) mass is 612 g/mol. The number of anilines is 1. The topological polar surface area (TPSA) is 94.8 Å². The predicted octanol–water partition coefficient (Wildman–Crippen LogP) is 5.59. The van der Waals surface area contributed by atoms with Crippen LogP contribution in [0.4, 0.5) is 10.6 Å². The van der Waals surface area contributed by atoms with Crippen LogP contribution in [0.15, 0.2) is 24.3 Å². The Morgan fingerprint density at radius 1 is 1.02 bits per heavy atom. The fourth-order valence-corrected chi connectivity index (χ4v) is 9.00. The van der Waals surface area contributed by atoms with Gasteiger partial charge < -0.3 is 19.3 Å². The third-order valence-corrected chi connectivity index (χ3v) is 11.1. The second-order valence-electron chi connectivity index (χ2n) is 15.1. The molecule has 1 aromatic carbocycles. The number of rotatable bonds is 5. The van der Waals surface area contributed by atoms with E-state index in [9.17, 15) is 10.1 Å². The number of hydrogen-bond donors (Lipinski definition) is 0. The van der Waals surface area contributed by atoms with Gasteiger partial charge in [-0.05, 0) is 109 Å². The summed E-state index contributed by atoms with van der Waals surface area (Å²) in [4.78, 5) is 30.1. The molecule has 7 rings (SSSR count). The number of amides is 1. The SMILES string of the molecule is CC(C)(C)OC(=O)N1CCN(c2nc(OCC34CCCN3CCC4)nc3c2CCC2(CCCc4ccccc42)C3)C[C@@H]1CC#N. The van der Waals surface area contributed by atoms with Crippen LogP contribution in [0.25, 0.3) is 0 Å². The summed E-state index contributed by atoms with van der Waals surface area (Å²) < 4.78 is 12.3. The normalized spacial score (nSPS) is 25.8. The maximum absolute atomic E-state index is 13.1. The van der Waals surface area contributed by atoms with Gasteiger partial charge in [-0.1, -0.05) is 24.3 Å². The van der Waals surface area contributed by atoms with Gasteiger partial charge in [0.05, 0.1) is 29.8 Å². The van der Waals surface area contributed by atoms with Gasteiger partial charge in [0.1, 0.15) is 18.0 Å². The minimum Gasteiger partial charge on any atom is -0.461 e. The summed E-state index contributed by atoms with van der Waals surface area (Å²) in [6.45, 7) is 10.2. The summed E-state index contributed by atoms with van der Waals surface area (Å²) in [5, 5.41) is 9.72. The highest BCUT2D eigenvalue weighted by Gasteiger charge is 2.46. The first kappa shape index (κ1) is 30.3. The van der Waals surface area contributed by atoms with E-state index < -0.39 is 5.60 Å². The van der Waals surface area contributed by atoms with E-state index in [2.05, 4.69) is 40.1 Å². The molecule has 5 aliphatic rings. The Balaban J connectivity index is 1.21. The predicted molar refractivity (Wildman–Crippen MR) is 173 cm³/mol. The van der Waals surface area contributed by atoms with E-state index in [1.54, 1.807) is 4.90 Å². The van der Waals surface area contributed by atoms with E-state index >= 15 is 0 Å². The van der Waals surface area contributed by atoms with Crippen molar-refractivity contribution in [2.45, 2.75) is 114 Å².